The van der Waals surface area contributed by atoms with E-state index in [1.807, 2.05) is 0 Å². The molecule has 112 valence electrons. The fraction of sp³-hybridized carbons (Fsp3) is 0.462. The summed E-state index contributed by atoms with van der Waals surface area (Å²) in [4.78, 5) is 10.5. The Kier molecular flexibility index (Phi) is 4.99. The van der Waals surface area contributed by atoms with Crippen LogP contribution in [-0.2, 0) is 10.7 Å². The molecule has 1 aromatic rings. The number of carbonyl (C=O) groups is 1. The fourth-order valence-electron chi connectivity index (χ4n) is 1.79. The van der Waals surface area contributed by atoms with Gasteiger partial charge >= 0.3 is 5.97 Å². The van der Waals surface area contributed by atoms with Crippen LogP contribution in [0.25, 0.3) is 0 Å². The molecule has 0 aliphatic rings. The number of methoxy groups -OCH3 is 1. The lowest BCUT2D eigenvalue weighted by atomic mass is 9.97. The van der Waals surface area contributed by atoms with Crippen molar-refractivity contribution in [2.24, 2.45) is 5.73 Å². The van der Waals surface area contributed by atoms with Gasteiger partial charge in [-0.2, -0.15) is 0 Å². The first-order valence-electron chi connectivity index (χ1n) is 5.90. The van der Waals surface area contributed by atoms with E-state index < -0.39 is 29.3 Å². The highest BCUT2D eigenvalue weighted by Crippen LogP contribution is 2.36. The van der Waals surface area contributed by atoms with Crippen LogP contribution in [0, 0.1) is 5.82 Å². The number of aliphatic carboxylic acids is 1. The molecule has 0 aliphatic heterocycles. The standard InChI is InChI=1S/C13H16F3NO3/c1-13(15,16)7-5-8(10(17)3-4-11(18)19)12(20-2)9(14)6-7/h5-6,10H,3-4,17H2,1-2H3,(H,18,19). The maximum absolute atomic E-state index is 13.8. The molecule has 20 heavy (non-hydrogen) atoms. The average Bonchev–Trinajstić information content (AvgIpc) is 2.33. The van der Waals surface area contributed by atoms with Gasteiger partial charge in [0.15, 0.2) is 11.6 Å². The van der Waals surface area contributed by atoms with Gasteiger partial charge in [-0.1, -0.05) is 0 Å². The lowest BCUT2D eigenvalue weighted by Crippen LogP contribution is -2.16. The molecule has 1 aromatic carbocycles. The molecule has 0 aromatic heterocycles. The molecule has 0 radical (unpaired) electrons. The van der Waals surface area contributed by atoms with Gasteiger partial charge in [-0.05, 0) is 18.6 Å². The molecule has 4 nitrogen and oxygen atoms in total. The van der Waals surface area contributed by atoms with E-state index >= 15 is 0 Å². The highest BCUT2D eigenvalue weighted by atomic mass is 19.3. The first-order valence-corrected chi connectivity index (χ1v) is 5.90. The Morgan fingerprint density at radius 3 is 2.55 bits per heavy atom. The molecule has 0 aliphatic carbocycles. The number of benzene rings is 1. The largest absolute Gasteiger partial charge is 0.493 e. The van der Waals surface area contributed by atoms with Gasteiger partial charge in [0.25, 0.3) is 5.92 Å². The minimum absolute atomic E-state index is 0.0100. The Balaban J connectivity index is 3.21. The van der Waals surface area contributed by atoms with Gasteiger partial charge in [-0.3, -0.25) is 4.79 Å². The highest BCUT2D eigenvalue weighted by molar-refractivity contribution is 5.66. The van der Waals surface area contributed by atoms with Crippen LogP contribution in [-0.4, -0.2) is 18.2 Å². The Morgan fingerprint density at radius 2 is 2.10 bits per heavy atom. The van der Waals surface area contributed by atoms with Crippen molar-refractivity contribution in [3.8, 4) is 5.75 Å². The first-order chi connectivity index (χ1) is 9.16. The molecule has 3 N–H and O–H groups in total. The Bertz CT molecular complexity index is 500. The van der Waals surface area contributed by atoms with Crippen LogP contribution in [0.3, 0.4) is 0 Å². The van der Waals surface area contributed by atoms with E-state index in [4.69, 9.17) is 15.6 Å². The zero-order valence-corrected chi connectivity index (χ0v) is 11.1. The second kappa shape index (κ2) is 6.13. The van der Waals surface area contributed by atoms with Crippen LogP contribution in [0.5, 0.6) is 5.75 Å². The van der Waals surface area contributed by atoms with Crippen molar-refractivity contribution in [3.05, 3.63) is 29.1 Å². The Hall–Kier alpha value is -1.76. The summed E-state index contributed by atoms with van der Waals surface area (Å²) in [6, 6.07) is 0.832. The predicted octanol–water partition coefficient (Wildman–Crippen LogP) is 2.81. The van der Waals surface area contributed by atoms with Crippen LogP contribution in [0.1, 0.15) is 36.9 Å². The summed E-state index contributed by atoms with van der Waals surface area (Å²) in [7, 11) is 1.19. The van der Waals surface area contributed by atoms with Gasteiger partial charge in [-0.15, -0.1) is 0 Å². The quantitative estimate of drug-likeness (QED) is 0.845. The summed E-state index contributed by atoms with van der Waals surface area (Å²) in [5.74, 6) is -5.49. The molecule has 1 rings (SSSR count). The smallest absolute Gasteiger partial charge is 0.303 e. The van der Waals surface area contributed by atoms with Gasteiger partial charge in [-0.25, -0.2) is 13.2 Å². The van der Waals surface area contributed by atoms with Crippen LogP contribution < -0.4 is 10.5 Å². The average molecular weight is 291 g/mol. The highest BCUT2D eigenvalue weighted by Gasteiger charge is 2.28. The van der Waals surface area contributed by atoms with E-state index in [0.717, 1.165) is 6.07 Å². The van der Waals surface area contributed by atoms with Crippen molar-refractivity contribution in [2.45, 2.75) is 31.7 Å². The number of carboxylic acids is 1. The minimum atomic E-state index is -3.23. The molecule has 0 saturated carbocycles. The van der Waals surface area contributed by atoms with Crippen molar-refractivity contribution >= 4 is 5.97 Å². The van der Waals surface area contributed by atoms with E-state index in [1.54, 1.807) is 0 Å². The molecule has 0 amide bonds. The van der Waals surface area contributed by atoms with Crippen LogP contribution in [0.4, 0.5) is 13.2 Å². The number of halogens is 3. The molecule has 0 bridgehead atoms. The summed E-state index contributed by atoms with van der Waals surface area (Å²) < 4.78 is 45.2. The Labute approximate surface area is 114 Å². The zero-order chi connectivity index (χ0) is 15.5. The minimum Gasteiger partial charge on any atom is -0.493 e. The van der Waals surface area contributed by atoms with E-state index in [-0.39, 0.29) is 24.2 Å². The van der Waals surface area contributed by atoms with E-state index in [9.17, 15) is 18.0 Å². The summed E-state index contributed by atoms with van der Waals surface area (Å²) in [6.07, 6.45) is -0.261. The van der Waals surface area contributed by atoms with Crippen molar-refractivity contribution in [1.82, 2.24) is 0 Å². The van der Waals surface area contributed by atoms with Gasteiger partial charge in [0.1, 0.15) is 0 Å². The third-order valence-electron chi connectivity index (χ3n) is 2.85. The van der Waals surface area contributed by atoms with E-state index in [0.29, 0.717) is 13.0 Å². The molecule has 0 fully saturated rings. The molecule has 0 heterocycles. The molecular weight excluding hydrogens is 275 g/mol. The number of hydrogen-bond donors (Lipinski definition) is 2. The second-order valence-electron chi connectivity index (χ2n) is 4.51. The van der Waals surface area contributed by atoms with Crippen molar-refractivity contribution < 1.29 is 27.8 Å². The predicted molar refractivity (Wildman–Crippen MR) is 66.3 cm³/mol. The molecular formula is C13H16F3NO3. The number of ether oxygens (including phenoxy) is 1. The van der Waals surface area contributed by atoms with Crippen LogP contribution >= 0.6 is 0 Å². The van der Waals surface area contributed by atoms with Crippen LogP contribution in [0.2, 0.25) is 0 Å². The molecule has 0 spiro atoms. The van der Waals surface area contributed by atoms with Gasteiger partial charge < -0.3 is 15.6 Å². The summed E-state index contributed by atoms with van der Waals surface area (Å²) in [5.41, 5.74) is 5.25. The summed E-state index contributed by atoms with van der Waals surface area (Å²) in [6.45, 7) is 0.640. The maximum atomic E-state index is 13.8. The third kappa shape index (κ3) is 3.86. The van der Waals surface area contributed by atoms with Gasteiger partial charge in [0.05, 0.1) is 7.11 Å². The zero-order valence-electron chi connectivity index (χ0n) is 11.1. The molecule has 1 atom stereocenters. The second-order valence-corrected chi connectivity index (χ2v) is 4.51. The van der Waals surface area contributed by atoms with Gasteiger partial charge in [0, 0.05) is 30.5 Å². The number of rotatable bonds is 6. The molecule has 7 heteroatoms. The maximum Gasteiger partial charge on any atom is 0.303 e. The number of carboxylic acid groups (broad SMARTS) is 1. The topological polar surface area (TPSA) is 72.5 Å². The van der Waals surface area contributed by atoms with Crippen molar-refractivity contribution in [2.75, 3.05) is 7.11 Å². The lowest BCUT2D eigenvalue weighted by molar-refractivity contribution is -0.137. The monoisotopic (exact) mass is 291 g/mol. The van der Waals surface area contributed by atoms with Crippen LogP contribution in [0.15, 0.2) is 12.1 Å². The summed E-state index contributed by atoms with van der Waals surface area (Å²) in [5, 5.41) is 8.59. The Morgan fingerprint density at radius 1 is 1.50 bits per heavy atom. The SMILES string of the molecule is COc1c(F)cc(C(C)(F)F)cc1C(N)CCC(=O)O. The van der Waals surface area contributed by atoms with E-state index in [2.05, 4.69) is 0 Å². The summed E-state index contributed by atoms with van der Waals surface area (Å²) >= 11 is 0. The number of hydrogen-bond acceptors (Lipinski definition) is 3. The van der Waals surface area contributed by atoms with Gasteiger partial charge in [0.2, 0.25) is 0 Å². The molecule has 1 unspecified atom stereocenters. The van der Waals surface area contributed by atoms with E-state index in [1.165, 1.54) is 7.11 Å². The van der Waals surface area contributed by atoms with Crippen molar-refractivity contribution in [3.63, 3.8) is 0 Å². The fourth-order valence-corrected chi connectivity index (χ4v) is 1.79. The van der Waals surface area contributed by atoms with Crippen molar-refractivity contribution in [1.29, 1.82) is 0 Å². The first kappa shape index (κ1) is 16.3. The molecule has 0 saturated heterocycles. The number of nitrogens with two attached hydrogens (primary N) is 1. The lowest BCUT2D eigenvalue weighted by Gasteiger charge is -2.19. The number of alkyl halides is 2. The third-order valence-corrected chi connectivity index (χ3v) is 2.85. The normalized spacial score (nSPS) is 13.1.